The summed E-state index contributed by atoms with van der Waals surface area (Å²) in [7, 11) is 0. The predicted octanol–water partition coefficient (Wildman–Crippen LogP) is 10.4. The number of aryl methyl sites for hydroxylation is 2. The molecule has 0 bridgehead atoms. The van der Waals surface area contributed by atoms with E-state index in [2.05, 4.69) is 128 Å². The zero-order valence-corrected chi connectivity index (χ0v) is 40.9. The third-order valence-corrected chi connectivity index (χ3v) is 17.5. The number of benzene rings is 4. The first-order chi connectivity index (χ1) is 32.3. The topological polar surface area (TPSA) is 108 Å². The third-order valence-electron chi connectivity index (χ3n) is 15.6. The smallest absolute Gasteiger partial charge is 0.180 e. The van der Waals surface area contributed by atoms with Crippen LogP contribution < -0.4 is 11.5 Å². The third kappa shape index (κ3) is 9.99. The van der Waals surface area contributed by atoms with Crippen molar-refractivity contribution in [1.29, 1.82) is 0 Å². The number of nitrogens with zero attached hydrogens (tertiary/aromatic N) is 6. The zero-order valence-electron chi connectivity index (χ0n) is 39.3. The summed E-state index contributed by atoms with van der Waals surface area (Å²) in [6, 6.07) is 31.3. The molecule has 4 aromatic carbocycles. The summed E-state index contributed by atoms with van der Waals surface area (Å²) >= 11 is 3.38. The molecule has 9 nitrogen and oxygen atoms in total. The van der Waals surface area contributed by atoms with E-state index in [9.17, 15) is 0 Å². The molecule has 348 valence electrons. The van der Waals surface area contributed by atoms with Gasteiger partial charge in [0, 0.05) is 34.9 Å². The number of likely N-dealkylation sites (tertiary alicyclic amines) is 2. The van der Waals surface area contributed by atoms with Gasteiger partial charge in [-0.15, -0.1) is 22.7 Å². The van der Waals surface area contributed by atoms with Crippen LogP contribution in [-0.4, -0.2) is 99.8 Å². The molecule has 2 saturated heterocycles. The quantitative estimate of drug-likeness (QED) is 0.0981. The Morgan fingerprint density at radius 3 is 1.42 bits per heavy atom. The predicted molar refractivity (Wildman–Crippen MR) is 275 cm³/mol. The summed E-state index contributed by atoms with van der Waals surface area (Å²) in [6.45, 7) is 12.8. The van der Waals surface area contributed by atoms with Crippen LogP contribution in [0.4, 0.5) is 10.3 Å². The molecule has 6 aromatic rings. The fourth-order valence-electron chi connectivity index (χ4n) is 12.3. The van der Waals surface area contributed by atoms with Gasteiger partial charge in [0.25, 0.3) is 0 Å². The van der Waals surface area contributed by atoms with Gasteiger partial charge in [-0.3, -0.25) is 24.4 Å². The number of anilines is 2. The summed E-state index contributed by atoms with van der Waals surface area (Å²) in [6.07, 6.45) is 13.2. The highest BCUT2D eigenvalue weighted by Crippen LogP contribution is 2.40. The minimum absolute atomic E-state index is 0.321. The first kappa shape index (κ1) is 45.5. The number of thiazole rings is 2. The number of fused-ring (bicyclic) bond motifs is 4. The van der Waals surface area contributed by atoms with E-state index in [1.807, 2.05) is 0 Å². The maximum atomic E-state index is 16.1. The van der Waals surface area contributed by atoms with Crippen molar-refractivity contribution >= 4 is 60.3 Å². The van der Waals surface area contributed by atoms with Crippen LogP contribution >= 0.6 is 22.7 Å². The van der Waals surface area contributed by atoms with Crippen LogP contribution in [0.3, 0.4) is 0 Å². The van der Waals surface area contributed by atoms with Gasteiger partial charge in [0.2, 0.25) is 0 Å². The van der Waals surface area contributed by atoms with E-state index in [1.54, 1.807) is 22.7 Å². The highest BCUT2D eigenvalue weighted by Gasteiger charge is 2.41. The number of carbonyl (C=O) groups is 1. The lowest BCUT2D eigenvalue weighted by molar-refractivity contribution is -0.131. The standard InChI is InChI=1S/C55H70N8OS2/c1-3-25-62(45-17-19-47-49(33-45)65-54(56)58-47)35-37-21-27-60(28-22-37)51(43-15-13-39-9-5-7-11-41(39)31-43)53(64)52(44-16-14-40-10-6-8-12-42(40)32-44)61-29-23-38(24-30-61)36-63(26-4-2)46-18-20-48-50(34-46)66-55(57)59-48/h5-16,31-32,37-38,45-46,51-52H,3-4,17-30,33-36H2,1-2H3,(H2,56,58)(H2,57,59)/t45?,46?,51-,52-/m0/s1. The largest absolute Gasteiger partial charge is 0.375 e. The van der Waals surface area contributed by atoms with Crippen molar-refractivity contribution in [1.82, 2.24) is 29.6 Å². The Bertz CT molecular complexity index is 2410. The van der Waals surface area contributed by atoms with Gasteiger partial charge in [0.1, 0.15) is 0 Å². The zero-order chi connectivity index (χ0) is 45.1. The van der Waals surface area contributed by atoms with Crippen molar-refractivity contribution in [2.75, 3.05) is 63.8 Å². The van der Waals surface area contributed by atoms with E-state index >= 15 is 4.79 Å². The summed E-state index contributed by atoms with van der Waals surface area (Å²) in [5.41, 5.74) is 17.0. The van der Waals surface area contributed by atoms with Crippen LogP contribution in [0.15, 0.2) is 84.9 Å². The van der Waals surface area contributed by atoms with Gasteiger partial charge < -0.3 is 11.5 Å². The molecule has 2 aliphatic carbocycles. The van der Waals surface area contributed by atoms with Crippen LogP contribution in [0.5, 0.6) is 0 Å². The number of nitrogen functional groups attached to an aromatic ring is 2. The van der Waals surface area contributed by atoms with Crippen molar-refractivity contribution in [3.05, 3.63) is 117 Å². The lowest BCUT2D eigenvalue weighted by Gasteiger charge is -2.44. The average molecular weight is 923 g/mol. The molecule has 2 aliphatic heterocycles. The molecule has 0 spiro atoms. The van der Waals surface area contributed by atoms with E-state index in [0.717, 1.165) is 141 Å². The van der Waals surface area contributed by atoms with Gasteiger partial charge in [-0.25, -0.2) is 9.97 Å². The molecular formula is C55H70N8OS2. The Labute approximate surface area is 400 Å². The van der Waals surface area contributed by atoms with Crippen LogP contribution in [0.25, 0.3) is 21.5 Å². The van der Waals surface area contributed by atoms with Crippen molar-refractivity contribution in [2.45, 2.75) is 115 Å². The van der Waals surface area contributed by atoms with E-state index in [4.69, 9.17) is 11.5 Å². The maximum absolute atomic E-state index is 16.1. The first-order valence-corrected chi connectivity index (χ1v) is 26.9. The van der Waals surface area contributed by atoms with Crippen LogP contribution in [0.2, 0.25) is 0 Å². The Kier molecular flexibility index (Phi) is 14.2. The highest BCUT2D eigenvalue weighted by atomic mass is 32.1. The SMILES string of the molecule is CCCN(CC1CCN([C@H](C(=O)[C@H](c2ccc3ccccc3c2)N2CCC(CN(CCC)C3CCc4nc(N)sc4C3)CC2)c2ccc3ccccc3c2)CC1)C1CCc2nc(N)sc2C1. The van der Waals surface area contributed by atoms with Gasteiger partial charge in [-0.1, -0.05) is 86.6 Å². The number of hydrogen-bond acceptors (Lipinski definition) is 11. The Hall–Kier alpha value is -4.23. The number of nitrogens with two attached hydrogens (primary N) is 2. The van der Waals surface area contributed by atoms with E-state index in [1.165, 1.54) is 42.7 Å². The second-order valence-electron chi connectivity index (χ2n) is 20.0. The lowest BCUT2D eigenvalue weighted by atomic mass is 9.85. The molecule has 66 heavy (non-hydrogen) atoms. The molecule has 0 saturated carbocycles. The molecule has 2 fully saturated rings. The fraction of sp³-hybridized carbons (Fsp3) is 0.509. The van der Waals surface area contributed by atoms with E-state index in [0.29, 0.717) is 40.0 Å². The normalized spacial score (nSPS) is 21.1. The molecule has 11 heteroatoms. The first-order valence-electron chi connectivity index (χ1n) is 25.3. The minimum Gasteiger partial charge on any atom is -0.375 e. The monoisotopic (exact) mass is 923 g/mol. The number of aromatic nitrogens is 2. The number of carbonyl (C=O) groups excluding carboxylic acids is 1. The van der Waals surface area contributed by atoms with Gasteiger partial charge in [-0.2, -0.15) is 0 Å². The van der Waals surface area contributed by atoms with Crippen molar-refractivity contribution in [3.63, 3.8) is 0 Å². The molecule has 4 N–H and O–H groups in total. The summed E-state index contributed by atoms with van der Waals surface area (Å²) in [4.78, 5) is 38.9. The summed E-state index contributed by atoms with van der Waals surface area (Å²) in [5.74, 6) is 1.53. The van der Waals surface area contributed by atoms with Crippen LogP contribution in [-0.2, 0) is 30.5 Å². The molecule has 0 radical (unpaired) electrons. The number of hydrogen-bond donors (Lipinski definition) is 2. The van der Waals surface area contributed by atoms with Crippen LogP contribution in [0, 0.1) is 11.8 Å². The number of ketones is 1. The molecule has 10 rings (SSSR count). The van der Waals surface area contributed by atoms with Crippen molar-refractivity contribution in [2.24, 2.45) is 11.8 Å². The number of piperidine rings is 2. The lowest BCUT2D eigenvalue weighted by Crippen LogP contribution is -2.49. The maximum Gasteiger partial charge on any atom is 0.180 e. The number of rotatable bonds is 16. The van der Waals surface area contributed by atoms with Crippen molar-refractivity contribution < 1.29 is 4.79 Å². The van der Waals surface area contributed by atoms with Gasteiger partial charge in [-0.05, 0) is 173 Å². The molecule has 2 unspecified atom stereocenters. The Morgan fingerprint density at radius 1 is 0.606 bits per heavy atom. The van der Waals surface area contributed by atoms with Gasteiger partial charge in [0.15, 0.2) is 16.0 Å². The minimum atomic E-state index is -0.331. The second kappa shape index (κ2) is 20.6. The molecule has 2 aromatic heterocycles. The van der Waals surface area contributed by atoms with E-state index in [-0.39, 0.29) is 12.1 Å². The fourth-order valence-corrected chi connectivity index (χ4v) is 14.2. The Balaban J connectivity index is 0.899. The average Bonchev–Trinajstić information content (AvgIpc) is 3.92. The molecule has 4 heterocycles. The molecule has 4 aliphatic rings. The number of Topliss-reactive ketones (excluding diaryl/α,β-unsaturated/α-hetero) is 1. The highest BCUT2D eigenvalue weighted by molar-refractivity contribution is 7.15. The molecular weight excluding hydrogens is 853 g/mol. The summed E-state index contributed by atoms with van der Waals surface area (Å²) in [5, 5.41) is 6.25. The Morgan fingerprint density at radius 2 is 1.02 bits per heavy atom. The van der Waals surface area contributed by atoms with Crippen LogP contribution in [0.1, 0.15) is 110 Å². The summed E-state index contributed by atoms with van der Waals surface area (Å²) < 4.78 is 0. The van der Waals surface area contributed by atoms with E-state index < -0.39 is 0 Å². The second-order valence-corrected chi connectivity index (χ2v) is 22.2. The van der Waals surface area contributed by atoms with Gasteiger partial charge in [0.05, 0.1) is 23.5 Å². The molecule has 0 amide bonds. The molecule has 4 atom stereocenters. The van der Waals surface area contributed by atoms with Gasteiger partial charge >= 0.3 is 0 Å². The van der Waals surface area contributed by atoms with Crippen molar-refractivity contribution in [3.8, 4) is 0 Å².